The molecule has 0 aliphatic rings. The quantitative estimate of drug-likeness (QED) is 0.485. The van der Waals surface area contributed by atoms with Crippen LogP contribution >= 0.6 is 0 Å². The first-order chi connectivity index (χ1) is 13.9. The number of benzene rings is 1. The number of ether oxygens (including phenoxy) is 1. The highest BCUT2D eigenvalue weighted by Gasteiger charge is 2.46. The Hall–Kier alpha value is -2.67. The fourth-order valence-corrected chi connectivity index (χ4v) is 3.75. The van der Waals surface area contributed by atoms with E-state index in [-0.39, 0.29) is 28.1 Å². The Balaban J connectivity index is 3.72. The molecule has 1 aromatic rings. The van der Waals surface area contributed by atoms with Crippen LogP contribution < -0.4 is 10.2 Å². The zero-order chi connectivity index (χ0) is 24.5. The van der Waals surface area contributed by atoms with Gasteiger partial charge in [0.25, 0.3) is 10.1 Å². The van der Waals surface area contributed by atoms with Crippen molar-refractivity contribution in [1.82, 2.24) is 0 Å². The topological polar surface area (TPSA) is 130 Å². The molecule has 1 aromatic carbocycles. The summed E-state index contributed by atoms with van der Waals surface area (Å²) in [6.07, 6.45) is -8.41. The zero-order valence-corrected chi connectivity index (χ0v) is 18.5. The van der Waals surface area contributed by atoms with Gasteiger partial charge in [-0.1, -0.05) is 0 Å². The predicted molar refractivity (Wildman–Crippen MR) is 106 cm³/mol. The van der Waals surface area contributed by atoms with Crippen molar-refractivity contribution in [1.29, 1.82) is 0 Å². The van der Waals surface area contributed by atoms with Crippen LogP contribution in [0.4, 0.5) is 24.5 Å². The van der Waals surface area contributed by atoms with Crippen molar-refractivity contribution in [2.45, 2.75) is 46.9 Å². The van der Waals surface area contributed by atoms with Crippen LogP contribution in [0.2, 0.25) is 0 Å². The molecule has 1 rings (SSSR count). The van der Waals surface area contributed by atoms with Crippen molar-refractivity contribution in [3.05, 3.63) is 22.3 Å². The number of carbonyl (C=O) groups is 3. The second-order valence-corrected chi connectivity index (χ2v) is 8.41. The average molecular weight is 468 g/mol. The molecule has 0 aliphatic carbocycles. The SMILES string of the molecule is CC(=O)Nc1c(C)c(C(=O)OC(CS(=O)(=O)O)C(F)(F)F)c(C)c(N(C)C(C)=O)c1C. The summed E-state index contributed by atoms with van der Waals surface area (Å²) in [5, 5.41) is 2.48. The van der Waals surface area contributed by atoms with E-state index in [0.29, 0.717) is 5.56 Å². The van der Waals surface area contributed by atoms with Crippen molar-refractivity contribution < 1.29 is 45.3 Å². The van der Waals surface area contributed by atoms with Crippen molar-refractivity contribution in [2.24, 2.45) is 0 Å². The molecule has 174 valence electrons. The predicted octanol–water partition coefficient (Wildman–Crippen LogP) is 2.53. The Kier molecular flexibility index (Phi) is 7.84. The van der Waals surface area contributed by atoms with Crippen LogP contribution in [0.25, 0.3) is 0 Å². The Bertz CT molecular complexity index is 1020. The highest BCUT2D eigenvalue weighted by Crippen LogP contribution is 2.38. The number of halogens is 3. The van der Waals surface area contributed by atoms with Crippen LogP contribution in [0.5, 0.6) is 0 Å². The normalized spacial score (nSPS) is 12.8. The molecule has 0 saturated heterocycles. The number of nitrogens with zero attached hydrogens (tertiary/aromatic N) is 1. The highest BCUT2D eigenvalue weighted by molar-refractivity contribution is 7.85. The molecule has 0 aliphatic heterocycles. The van der Waals surface area contributed by atoms with Crippen LogP contribution in [-0.2, 0) is 24.4 Å². The number of amides is 2. The third-order valence-corrected chi connectivity index (χ3v) is 5.22. The number of rotatable bonds is 6. The lowest BCUT2D eigenvalue weighted by atomic mass is 9.93. The van der Waals surface area contributed by atoms with Gasteiger partial charge in [0.1, 0.15) is 5.75 Å². The minimum absolute atomic E-state index is 0.0590. The van der Waals surface area contributed by atoms with Gasteiger partial charge in [0.2, 0.25) is 17.9 Å². The van der Waals surface area contributed by atoms with E-state index in [1.807, 2.05) is 0 Å². The fraction of sp³-hybridized carbons (Fsp3) is 0.500. The molecule has 0 spiro atoms. The van der Waals surface area contributed by atoms with Crippen LogP contribution in [-0.4, -0.2) is 55.8 Å². The molecule has 0 bridgehead atoms. The molecule has 1 atom stereocenters. The zero-order valence-electron chi connectivity index (χ0n) is 17.7. The number of hydrogen-bond acceptors (Lipinski definition) is 6. The van der Waals surface area contributed by atoms with Gasteiger partial charge in [-0.15, -0.1) is 0 Å². The van der Waals surface area contributed by atoms with Crippen LogP contribution in [0.3, 0.4) is 0 Å². The summed E-state index contributed by atoms with van der Waals surface area (Å²) < 4.78 is 74.7. The number of carbonyl (C=O) groups excluding carboxylic acids is 3. The van der Waals surface area contributed by atoms with E-state index in [2.05, 4.69) is 10.1 Å². The van der Waals surface area contributed by atoms with Crippen molar-refractivity contribution in [3.63, 3.8) is 0 Å². The second kappa shape index (κ2) is 9.22. The van der Waals surface area contributed by atoms with Gasteiger partial charge in [0.05, 0.1) is 11.3 Å². The van der Waals surface area contributed by atoms with Crippen LogP contribution in [0.15, 0.2) is 0 Å². The molecular formula is C18H23F3N2O7S. The third-order valence-electron chi connectivity index (χ3n) is 4.50. The summed E-state index contributed by atoms with van der Waals surface area (Å²) in [7, 11) is -3.75. The Labute approximate surface area is 177 Å². The van der Waals surface area contributed by atoms with Gasteiger partial charge >= 0.3 is 12.1 Å². The number of nitrogens with one attached hydrogen (secondary N) is 1. The Morgan fingerprint density at radius 2 is 1.61 bits per heavy atom. The van der Waals surface area contributed by atoms with E-state index >= 15 is 0 Å². The van der Waals surface area contributed by atoms with Crippen LogP contribution in [0, 0.1) is 20.8 Å². The van der Waals surface area contributed by atoms with Crippen molar-refractivity contribution in [2.75, 3.05) is 23.0 Å². The molecule has 2 N–H and O–H groups in total. The standard InChI is InChI=1S/C18H23F3N2O7S/c1-8-14(17(26)30-13(18(19,20)21)7-31(27,28)29)9(2)16(23(6)12(5)25)10(3)15(8)22-11(4)24/h13H,7H2,1-6H3,(H,22,24)(H,27,28,29). The molecule has 0 aromatic heterocycles. The van der Waals surface area contributed by atoms with E-state index in [0.717, 1.165) is 4.90 Å². The Morgan fingerprint density at radius 1 is 1.10 bits per heavy atom. The minimum atomic E-state index is -5.28. The summed E-state index contributed by atoms with van der Waals surface area (Å²) in [6.45, 7) is 6.67. The highest BCUT2D eigenvalue weighted by atomic mass is 32.2. The van der Waals surface area contributed by atoms with Crippen LogP contribution in [0.1, 0.15) is 40.9 Å². The van der Waals surface area contributed by atoms with E-state index in [9.17, 15) is 36.0 Å². The molecule has 13 heteroatoms. The van der Waals surface area contributed by atoms with E-state index in [1.165, 1.54) is 34.7 Å². The fourth-order valence-electron chi connectivity index (χ4n) is 3.11. The number of alkyl halides is 3. The van der Waals surface area contributed by atoms with E-state index in [4.69, 9.17) is 4.55 Å². The molecule has 0 radical (unpaired) electrons. The Morgan fingerprint density at radius 3 is 2.00 bits per heavy atom. The van der Waals surface area contributed by atoms with Crippen molar-refractivity contribution >= 4 is 39.3 Å². The molecular weight excluding hydrogens is 445 g/mol. The summed E-state index contributed by atoms with van der Waals surface area (Å²) in [5.41, 5.74) is 0.383. The maximum atomic E-state index is 13.2. The molecule has 0 heterocycles. The molecule has 1 unspecified atom stereocenters. The van der Waals surface area contributed by atoms with Gasteiger partial charge in [0, 0.05) is 26.6 Å². The van der Waals surface area contributed by atoms with Gasteiger partial charge in [0.15, 0.2) is 0 Å². The van der Waals surface area contributed by atoms with Gasteiger partial charge in [-0.2, -0.15) is 21.6 Å². The second-order valence-electron chi connectivity index (χ2n) is 6.92. The van der Waals surface area contributed by atoms with Gasteiger partial charge in [-0.25, -0.2) is 4.79 Å². The summed E-state index contributed by atoms with van der Waals surface area (Å²) in [6, 6.07) is 0. The molecule has 31 heavy (non-hydrogen) atoms. The average Bonchev–Trinajstić information content (AvgIpc) is 2.55. The lowest BCUT2D eigenvalue weighted by Crippen LogP contribution is -2.40. The monoisotopic (exact) mass is 468 g/mol. The van der Waals surface area contributed by atoms with Gasteiger partial charge < -0.3 is 15.0 Å². The first kappa shape index (κ1) is 26.4. The smallest absolute Gasteiger partial charge is 0.426 e. The lowest BCUT2D eigenvalue weighted by molar-refractivity contribution is -0.197. The van der Waals surface area contributed by atoms with E-state index in [1.54, 1.807) is 6.92 Å². The van der Waals surface area contributed by atoms with Gasteiger partial charge in [-0.3, -0.25) is 14.1 Å². The summed E-state index contributed by atoms with van der Waals surface area (Å²) >= 11 is 0. The molecule has 0 saturated carbocycles. The largest absolute Gasteiger partial charge is 0.448 e. The summed E-state index contributed by atoms with van der Waals surface area (Å²) in [5.74, 6) is -4.41. The van der Waals surface area contributed by atoms with E-state index < -0.39 is 45.9 Å². The maximum absolute atomic E-state index is 13.2. The maximum Gasteiger partial charge on any atom is 0.426 e. The van der Waals surface area contributed by atoms with Gasteiger partial charge in [-0.05, 0) is 37.5 Å². The summed E-state index contributed by atoms with van der Waals surface area (Å²) in [4.78, 5) is 37.4. The number of hydrogen-bond donors (Lipinski definition) is 2. The lowest BCUT2D eigenvalue weighted by Gasteiger charge is -2.27. The minimum Gasteiger partial charge on any atom is -0.448 e. The third kappa shape index (κ3) is 6.40. The first-order valence-corrected chi connectivity index (χ1v) is 10.4. The number of esters is 1. The molecule has 0 fully saturated rings. The van der Waals surface area contributed by atoms with Crippen molar-refractivity contribution in [3.8, 4) is 0 Å². The first-order valence-electron chi connectivity index (χ1n) is 8.77. The molecule has 9 nitrogen and oxygen atoms in total. The number of anilines is 2. The molecule has 2 amide bonds.